The number of ether oxygens (including phenoxy) is 1. The van der Waals surface area contributed by atoms with Gasteiger partial charge in [-0.25, -0.2) is 0 Å². The quantitative estimate of drug-likeness (QED) is 0.548. The Bertz CT molecular complexity index is 336. The molecule has 0 atom stereocenters. The highest BCUT2D eigenvalue weighted by Gasteiger charge is 2.18. The van der Waals surface area contributed by atoms with Crippen LogP contribution in [0, 0.1) is 10.1 Å². The van der Waals surface area contributed by atoms with Gasteiger partial charge in [0.2, 0.25) is 0 Å². The number of hydrogen-bond acceptors (Lipinski definition) is 3. The third kappa shape index (κ3) is 2.02. The smallest absolute Gasteiger partial charge is 0.314 e. The minimum Gasteiger partial charge on any atom is -0.490 e. The Balaban J connectivity index is 3.20. The monoisotopic (exact) mass is 195 g/mol. The second kappa shape index (κ2) is 4.60. The molecule has 0 N–H and O–H groups in total. The lowest BCUT2D eigenvalue weighted by molar-refractivity contribution is -0.386. The first-order valence-corrected chi connectivity index (χ1v) is 4.51. The molecule has 0 heterocycles. The molecule has 0 saturated carbocycles. The highest BCUT2D eigenvalue weighted by molar-refractivity contribution is 5.52. The van der Waals surface area contributed by atoms with Gasteiger partial charge in [0.15, 0.2) is 5.75 Å². The Morgan fingerprint density at radius 3 is 2.71 bits per heavy atom. The third-order valence-electron chi connectivity index (χ3n) is 2.00. The summed E-state index contributed by atoms with van der Waals surface area (Å²) in [6.07, 6.45) is 1.58. The molecule has 0 spiro atoms. The summed E-state index contributed by atoms with van der Waals surface area (Å²) in [6, 6.07) is 5.15. The molecule has 0 amide bonds. The maximum absolute atomic E-state index is 10.8. The Kier molecular flexibility index (Phi) is 3.45. The summed E-state index contributed by atoms with van der Waals surface area (Å²) in [6.45, 7) is 1.99. The van der Waals surface area contributed by atoms with Crippen molar-refractivity contribution in [3.8, 4) is 5.75 Å². The van der Waals surface area contributed by atoms with Gasteiger partial charge in [-0.05, 0) is 12.5 Å². The molecule has 0 aliphatic rings. The molecule has 0 bridgehead atoms. The van der Waals surface area contributed by atoms with Gasteiger partial charge in [-0.3, -0.25) is 10.1 Å². The van der Waals surface area contributed by atoms with Crippen molar-refractivity contribution in [2.75, 3.05) is 7.11 Å². The summed E-state index contributed by atoms with van der Waals surface area (Å²) in [7, 11) is 1.44. The minimum atomic E-state index is -0.385. The Morgan fingerprint density at radius 2 is 2.21 bits per heavy atom. The average molecular weight is 195 g/mol. The van der Waals surface area contributed by atoms with Gasteiger partial charge in [-0.15, -0.1) is 0 Å². The lowest BCUT2D eigenvalue weighted by Gasteiger charge is -2.05. The number of methoxy groups -OCH3 is 1. The van der Waals surface area contributed by atoms with E-state index in [0.717, 1.165) is 12.0 Å². The Hall–Kier alpha value is -1.58. The first-order valence-electron chi connectivity index (χ1n) is 4.51. The van der Waals surface area contributed by atoms with Gasteiger partial charge in [0.05, 0.1) is 12.0 Å². The van der Waals surface area contributed by atoms with Crippen LogP contribution >= 0.6 is 0 Å². The van der Waals surface area contributed by atoms with Crippen molar-refractivity contribution in [1.29, 1.82) is 0 Å². The Labute approximate surface area is 82.7 Å². The van der Waals surface area contributed by atoms with Crippen LogP contribution in [0.1, 0.15) is 18.9 Å². The van der Waals surface area contributed by atoms with Crippen LogP contribution in [0.2, 0.25) is 0 Å². The topological polar surface area (TPSA) is 52.4 Å². The van der Waals surface area contributed by atoms with E-state index in [1.54, 1.807) is 18.2 Å². The van der Waals surface area contributed by atoms with Gasteiger partial charge >= 0.3 is 5.69 Å². The number of benzene rings is 1. The fourth-order valence-corrected chi connectivity index (χ4v) is 1.41. The molecule has 1 rings (SSSR count). The molecule has 4 heteroatoms. The molecule has 0 aliphatic carbocycles. The third-order valence-corrected chi connectivity index (χ3v) is 2.00. The molecule has 0 aromatic heterocycles. The zero-order chi connectivity index (χ0) is 10.6. The van der Waals surface area contributed by atoms with Crippen LogP contribution in [-0.2, 0) is 6.42 Å². The van der Waals surface area contributed by atoms with Crippen LogP contribution in [0.3, 0.4) is 0 Å². The second-order valence-corrected chi connectivity index (χ2v) is 2.98. The summed E-state index contributed by atoms with van der Waals surface area (Å²) in [5.74, 6) is 0.334. The summed E-state index contributed by atoms with van der Waals surface area (Å²) in [5, 5.41) is 10.8. The van der Waals surface area contributed by atoms with E-state index in [1.807, 2.05) is 6.92 Å². The SMILES string of the molecule is CCCc1cccc(OC)c1[N+](=O)[O-]. The molecule has 4 nitrogen and oxygen atoms in total. The summed E-state index contributed by atoms with van der Waals surface area (Å²) in [5.41, 5.74) is 0.828. The van der Waals surface area contributed by atoms with Gasteiger partial charge in [0.25, 0.3) is 0 Å². The summed E-state index contributed by atoms with van der Waals surface area (Å²) in [4.78, 5) is 10.4. The minimum absolute atomic E-state index is 0.0943. The van der Waals surface area contributed by atoms with Gasteiger partial charge in [-0.2, -0.15) is 0 Å². The molecule has 0 radical (unpaired) electrons. The van der Waals surface area contributed by atoms with E-state index in [1.165, 1.54) is 7.11 Å². The van der Waals surface area contributed by atoms with Gasteiger partial charge in [-0.1, -0.05) is 25.5 Å². The van der Waals surface area contributed by atoms with Gasteiger partial charge < -0.3 is 4.74 Å². The number of nitrogens with zero attached hydrogens (tertiary/aromatic N) is 1. The number of aryl methyl sites for hydroxylation is 1. The standard InChI is InChI=1S/C10H13NO3/c1-3-5-8-6-4-7-9(14-2)10(8)11(12)13/h4,6-7H,3,5H2,1-2H3. The zero-order valence-corrected chi connectivity index (χ0v) is 8.32. The maximum atomic E-state index is 10.8. The molecule has 14 heavy (non-hydrogen) atoms. The predicted molar refractivity (Wildman–Crippen MR) is 53.6 cm³/mol. The van der Waals surface area contributed by atoms with E-state index >= 15 is 0 Å². The van der Waals surface area contributed by atoms with Crippen LogP contribution < -0.4 is 4.74 Å². The molecule has 1 aromatic rings. The van der Waals surface area contributed by atoms with E-state index < -0.39 is 0 Å². The zero-order valence-electron chi connectivity index (χ0n) is 8.32. The number of nitro groups is 1. The molecule has 0 fully saturated rings. The first-order chi connectivity index (χ1) is 6.70. The van der Waals surface area contributed by atoms with Crippen molar-refractivity contribution in [3.05, 3.63) is 33.9 Å². The number of hydrogen-bond donors (Lipinski definition) is 0. The van der Waals surface area contributed by atoms with Gasteiger partial charge in [0.1, 0.15) is 0 Å². The first kappa shape index (κ1) is 10.5. The fraction of sp³-hybridized carbons (Fsp3) is 0.400. The number of para-hydroxylation sites is 1. The highest BCUT2D eigenvalue weighted by Crippen LogP contribution is 2.30. The number of nitro benzene ring substituents is 1. The normalized spacial score (nSPS) is 9.86. The largest absolute Gasteiger partial charge is 0.490 e. The van der Waals surface area contributed by atoms with Crippen LogP contribution in [0.4, 0.5) is 5.69 Å². The van der Waals surface area contributed by atoms with Crippen molar-refractivity contribution < 1.29 is 9.66 Å². The van der Waals surface area contributed by atoms with E-state index in [2.05, 4.69) is 0 Å². The van der Waals surface area contributed by atoms with Crippen molar-refractivity contribution >= 4 is 5.69 Å². The average Bonchev–Trinajstić information content (AvgIpc) is 2.17. The highest BCUT2D eigenvalue weighted by atomic mass is 16.6. The van der Waals surface area contributed by atoms with Crippen molar-refractivity contribution in [2.24, 2.45) is 0 Å². The van der Waals surface area contributed by atoms with Crippen LogP contribution in [-0.4, -0.2) is 12.0 Å². The molecule has 1 aromatic carbocycles. The van der Waals surface area contributed by atoms with E-state index in [0.29, 0.717) is 12.2 Å². The van der Waals surface area contributed by atoms with Crippen molar-refractivity contribution in [3.63, 3.8) is 0 Å². The predicted octanol–water partition coefficient (Wildman–Crippen LogP) is 2.56. The summed E-state index contributed by atoms with van der Waals surface area (Å²) < 4.78 is 4.95. The molecule has 0 aliphatic heterocycles. The Morgan fingerprint density at radius 1 is 1.50 bits per heavy atom. The van der Waals surface area contributed by atoms with Gasteiger partial charge in [0, 0.05) is 5.56 Å². The van der Waals surface area contributed by atoms with Crippen LogP contribution in [0.5, 0.6) is 5.75 Å². The van der Waals surface area contributed by atoms with Crippen molar-refractivity contribution in [2.45, 2.75) is 19.8 Å². The van der Waals surface area contributed by atoms with E-state index in [9.17, 15) is 10.1 Å². The van der Waals surface area contributed by atoms with Crippen LogP contribution in [0.25, 0.3) is 0 Å². The van der Waals surface area contributed by atoms with E-state index in [4.69, 9.17) is 4.74 Å². The molecule has 76 valence electrons. The molecule has 0 saturated heterocycles. The number of rotatable bonds is 4. The molecular formula is C10H13NO3. The summed E-state index contributed by atoms with van der Waals surface area (Å²) >= 11 is 0. The second-order valence-electron chi connectivity index (χ2n) is 2.98. The maximum Gasteiger partial charge on any atom is 0.314 e. The lowest BCUT2D eigenvalue weighted by Crippen LogP contribution is -1.98. The van der Waals surface area contributed by atoms with Crippen molar-refractivity contribution in [1.82, 2.24) is 0 Å². The van der Waals surface area contributed by atoms with E-state index in [-0.39, 0.29) is 10.6 Å². The lowest BCUT2D eigenvalue weighted by atomic mass is 10.1. The van der Waals surface area contributed by atoms with Crippen LogP contribution in [0.15, 0.2) is 18.2 Å². The molecular weight excluding hydrogens is 182 g/mol. The fourth-order valence-electron chi connectivity index (χ4n) is 1.41. The molecule has 0 unspecified atom stereocenters.